The Balaban J connectivity index is 2.04. The van der Waals surface area contributed by atoms with Gasteiger partial charge in [-0.25, -0.2) is 0 Å². The smallest absolute Gasteiger partial charge is 0.309 e. The Kier molecular flexibility index (Phi) is 3.03. The first-order valence-corrected chi connectivity index (χ1v) is 5.75. The van der Waals surface area contributed by atoms with E-state index in [-0.39, 0.29) is 17.9 Å². The molecule has 2 aliphatic carbocycles. The van der Waals surface area contributed by atoms with Gasteiger partial charge >= 0.3 is 5.97 Å². The van der Waals surface area contributed by atoms with Gasteiger partial charge in [-0.05, 0) is 44.4 Å². The van der Waals surface area contributed by atoms with Crippen LogP contribution in [0, 0.1) is 22.7 Å². The molecule has 2 aliphatic rings. The summed E-state index contributed by atoms with van der Waals surface area (Å²) in [6, 6.07) is -0.0619. The summed E-state index contributed by atoms with van der Waals surface area (Å²) in [5.41, 5.74) is 0. The number of hydrogen-bond donors (Lipinski definition) is 0. The molecule has 2 fully saturated rings. The molecule has 0 saturated heterocycles. The maximum Gasteiger partial charge on any atom is 0.309 e. The minimum atomic E-state index is -0.0619. The lowest BCUT2D eigenvalue weighted by molar-refractivity contribution is -0.152. The van der Waals surface area contributed by atoms with E-state index in [4.69, 9.17) is 4.74 Å². The maximum atomic E-state index is 11.7. The van der Waals surface area contributed by atoms with E-state index in [1.54, 1.807) is 0 Å². The molecule has 84 valence electrons. The zero-order valence-corrected chi connectivity index (χ0v) is 9.02. The van der Waals surface area contributed by atoms with Gasteiger partial charge in [0.1, 0.15) is 0 Å². The fourth-order valence-corrected chi connectivity index (χ4v) is 3.21. The van der Waals surface area contributed by atoms with Crippen LogP contribution in [0.15, 0.2) is 5.18 Å². The highest BCUT2D eigenvalue weighted by Gasteiger charge is 2.47. The highest BCUT2D eigenvalue weighted by molar-refractivity contribution is 5.73. The highest BCUT2D eigenvalue weighted by atomic mass is 16.5. The molecule has 0 aromatic carbocycles. The summed E-state index contributed by atoms with van der Waals surface area (Å²) in [5.74, 6) is 0.660. The molecule has 2 saturated carbocycles. The zero-order valence-electron chi connectivity index (χ0n) is 9.02. The van der Waals surface area contributed by atoms with Crippen LogP contribution in [0.1, 0.15) is 32.6 Å². The standard InChI is InChI=1S/C11H17NO3/c1-2-15-11(13)10-7-3-4-8(10)6-9(5-7)12-14/h7-10H,2-6H2,1H3. The van der Waals surface area contributed by atoms with Crippen LogP contribution in [0.3, 0.4) is 0 Å². The number of nitrogens with zero attached hydrogens (tertiary/aromatic N) is 1. The number of ether oxygens (including phenoxy) is 1. The third-order valence-corrected chi connectivity index (χ3v) is 3.78. The average molecular weight is 211 g/mol. The predicted octanol–water partition coefficient (Wildman–Crippen LogP) is 2.12. The minimum absolute atomic E-state index is 0.0444. The normalized spacial score (nSPS) is 38.7. The maximum absolute atomic E-state index is 11.7. The summed E-state index contributed by atoms with van der Waals surface area (Å²) in [5, 5.41) is 3.13. The Morgan fingerprint density at radius 2 is 1.93 bits per heavy atom. The molecule has 0 aliphatic heterocycles. The van der Waals surface area contributed by atoms with Gasteiger partial charge in [0.05, 0.1) is 18.6 Å². The van der Waals surface area contributed by atoms with Crippen LogP contribution >= 0.6 is 0 Å². The monoisotopic (exact) mass is 211 g/mol. The lowest BCUT2D eigenvalue weighted by atomic mass is 9.76. The van der Waals surface area contributed by atoms with E-state index in [0.717, 1.165) is 25.7 Å². The topological polar surface area (TPSA) is 55.7 Å². The van der Waals surface area contributed by atoms with E-state index >= 15 is 0 Å². The van der Waals surface area contributed by atoms with Crippen molar-refractivity contribution in [2.75, 3.05) is 6.61 Å². The molecular formula is C11H17NO3. The molecule has 0 heterocycles. The van der Waals surface area contributed by atoms with Crippen molar-refractivity contribution in [3.63, 3.8) is 0 Å². The molecule has 2 atom stereocenters. The lowest BCUT2D eigenvalue weighted by Crippen LogP contribution is -2.34. The van der Waals surface area contributed by atoms with Crippen molar-refractivity contribution in [2.24, 2.45) is 22.9 Å². The van der Waals surface area contributed by atoms with Gasteiger partial charge in [-0.15, -0.1) is 0 Å². The fourth-order valence-electron chi connectivity index (χ4n) is 3.21. The molecule has 4 heteroatoms. The van der Waals surface area contributed by atoms with Crippen molar-refractivity contribution < 1.29 is 9.53 Å². The number of carbonyl (C=O) groups is 1. The number of fused-ring (bicyclic) bond motifs is 2. The van der Waals surface area contributed by atoms with E-state index in [9.17, 15) is 9.70 Å². The fraction of sp³-hybridized carbons (Fsp3) is 0.909. The van der Waals surface area contributed by atoms with E-state index in [2.05, 4.69) is 5.18 Å². The largest absolute Gasteiger partial charge is 0.466 e. The summed E-state index contributed by atoms with van der Waals surface area (Å²) < 4.78 is 5.08. The second-order valence-electron chi connectivity index (χ2n) is 4.61. The van der Waals surface area contributed by atoms with Gasteiger partial charge in [0, 0.05) is 0 Å². The van der Waals surface area contributed by atoms with Crippen molar-refractivity contribution >= 4 is 5.97 Å². The van der Waals surface area contributed by atoms with Crippen LogP contribution in [0.5, 0.6) is 0 Å². The van der Waals surface area contributed by atoms with Crippen molar-refractivity contribution in [3.05, 3.63) is 4.91 Å². The SMILES string of the molecule is CCOC(=O)C1C2CCC1CC(N=O)C2. The van der Waals surface area contributed by atoms with Crippen LogP contribution in [0.25, 0.3) is 0 Å². The molecule has 0 aromatic heterocycles. The second kappa shape index (κ2) is 4.29. The summed E-state index contributed by atoms with van der Waals surface area (Å²) in [6.07, 6.45) is 3.67. The lowest BCUT2D eigenvalue weighted by Gasteiger charge is -2.30. The van der Waals surface area contributed by atoms with Gasteiger partial charge in [-0.1, -0.05) is 5.18 Å². The van der Waals surface area contributed by atoms with E-state index in [1.807, 2.05) is 6.92 Å². The highest BCUT2D eigenvalue weighted by Crippen LogP contribution is 2.48. The molecule has 2 bridgehead atoms. The molecule has 0 radical (unpaired) electrons. The molecule has 0 amide bonds. The van der Waals surface area contributed by atoms with Crippen molar-refractivity contribution in [1.29, 1.82) is 0 Å². The van der Waals surface area contributed by atoms with Crippen molar-refractivity contribution in [2.45, 2.75) is 38.6 Å². The Bertz CT molecular complexity index is 253. The summed E-state index contributed by atoms with van der Waals surface area (Å²) in [4.78, 5) is 22.2. The molecule has 0 N–H and O–H groups in total. The van der Waals surface area contributed by atoms with Crippen LogP contribution in [-0.2, 0) is 9.53 Å². The van der Waals surface area contributed by atoms with Gasteiger partial charge in [-0.3, -0.25) is 4.79 Å². The Morgan fingerprint density at radius 1 is 1.33 bits per heavy atom. The van der Waals surface area contributed by atoms with Gasteiger partial charge in [0.2, 0.25) is 0 Å². The Labute approximate surface area is 89.3 Å². The van der Waals surface area contributed by atoms with Crippen LogP contribution in [-0.4, -0.2) is 18.6 Å². The van der Waals surface area contributed by atoms with Gasteiger partial charge in [0.25, 0.3) is 0 Å². The molecule has 2 rings (SSSR count). The summed E-state index contributed by atoms with van der Waals surface area (Å²) >= 11 is 0. The van der Waals surface area contributed by atoms with Crippen LogP contribution in [0.4, 0.5) is 0 Å². The first-order valence-electron chi connectivity index (χ1n) is 5.75. The first-order chi connectivity index (χ1) is 7.26. The minimum Gasteiger partial charge on any atom is -0.466 e. The number of esters is 1. The number of carbonyl (C=O) groups excluding carboxylic acids is 1. The zero-order chi connectivity index (χ0) is 10.8. The van der Waals surface area contributed by atoms with Gasteiger partial charge < -0.3 is 4.74 Å². The van der Waals surface area contributed by atoms with E-state index in [0.29, 0.717) is 18.4 Å². The Hall–Kier alpha value is -0.930. The quantitative estimate of drug-likeness (QED) is 0.530. The Morgan fingerprint density at radius 3 is 2.40 bits per heavy atom. The van der Waals surface area contributed by atoms with Crippen LogP contribution < -0.4 is 0 Å². The third kappa shape index (κ3) is 1.90. The number of hydrogen-bond acceptors (Lipinski definition) is 4. The van der Waals surface area contributed by atoms with Crippen LogP contribution in [0.2, 0.25) is 0 Å². The van der Waals surface area contributed by atoms with Crippen molar-refractivity contribution in [1.82, 2.24) is 0 Å². The molecular weight excluding hydrogens is 194 g/mol. The van der Waals surface area contributed by atoms with E-state index in [1.165, 1.54) is 0 Å². The van der Waals surface area contributed by atoms with E-state index < -0.39 is 0 Å². The van der Waals surface area contributed by atoms with Gasteiger partial charge in [0.15, 0.2) is 0 Å². The molecule has 0 aromatic rings. The first kappa shape index (κ1) is 10.6. The molecule has 0 spiro atoms. The number of rotatable bonds is 3. The predicted molar refractivity (Wildman–Crippen MR) is 55.2 cm³/mol. The second-order valence-corrected chi connectivity index (χ2v) is 4.61. The molecule has 4 nitrogen and oxygen atoms in total. The third-order valence-electron chi connectivity index (χ3n) is 3.78. The average Bonchev–Trinajstić information content (AvgIpc) is 2.50. The molecule has 15 heavy (non-hydrogen) atoms. The summed E-state index contributed by atoms with van der Waals surface area (Å²) in [7, 11) is 0. The van der Waals surface area contributed by atoms with Crippen molar-refractivity contribution in [3.8, 4) is 0 Å². The molecule has 2 unspecified atom stereocenters. The summed E-state index contributed by atoms with van der Waals surface area (Å²) in [6.45, 7) is 2.28. The number of nitroso groups, excluding NO2 is 1. The van der Waals surface area contributed by atoms with Gasteiger partial charge in [-0.2, -0.15) is 4.91 Å².